The van der Waals surface area contributed by atoms with Gasteiger partial charge in [0.1, 0.15) is 11.6 Å². The molecule has 6 heteroatoms. The number of anilines is 3. The van der Waals surface area contributed by atoms with Crippen LogP contribution in [0.2, 0.25) is 5.02 Å². The molecule has 2 aromatic carbocycles. The van der Waals surface area contributed by atoms with E-state index < -0.39 is 0 Å². The van der Waals surface area contributed by atoms with Gasteiger partial charge in [0, 0.05) is 29.0 Å². The number of aryl methyl sites for hydroxylation is 1. The van der Waals surface area contributed by atoms with E-state index in [1.54, 1.807) is 7.11 Å². The highest BCUT2D eigenvalue weighted by atomic mass is 35.5. The third-order valence-electron chi connectivity index (χ3n) is 3.58. The largest absolute Gasteiger partial charge is 0.497 e. The van der Waals surface area contributed by atoms with Crippen LogP contribution in [0.4, 0.5) is 17.5 Å². The number of halogens is 1. The summed E-state index contributed by atoms with van der Waals surface area (Å²) in [7, 11) is 1.65. The summed E-state index contributed by atoms with van der Waals surface area (Å²) in [5.41, 5.74) is 2.92. The Bertz CT molecular complexity index is 835. The second kappa shape index (κ2) is 7.85. The van der Waals surface area contributed by atoms with Crippen LogP contribution in [0.5, 0.6) is 5.75 Å². The summed E-state index contributed by atoms with van der Waals surface area (Å²) < 4.78 is 5.17. The summed E-state index contributed by atoms with van der Waals surface area (Å²) in [5, 5.41) is 7.24. The first-order chi connectivity index (χ1) is 12.1. The van der Waals surface area contributed by atoms with Crippen LogP contribution in [-0.2, 0) is 6.54 Å². The maximum Gasteiger partial charge on any atom is 0.225 e. The summed E-state index contributed by atoms with van der Waals surface area (Å²) in [6, 6.07) is 17.3. The second-order valence-corrected chi connectivity index (χ2v) is 5.99. The van der Waals surface area contributed by atoms with Crippen molar-refractivity contribution in [2.45, 2.75) is 13.5 Å². The van der Waals surface area contributed by atoms with E-state index >= 15 is 0 Å². The van der Waals surface area contributed by atoms with Crippen LogP contribution >= 0.6 is 11.6 Å². The average molecular weight is 355 g/mol. The van der Waals surface area contributed by atoms with Crippen LogP contribution in [0.3, 0.4) is 0 Å². The van der Waals surface area contributed by atoms with Gasteiger partial charge >= 0.3 is 0 Å². The van der Waals surface area contributed by atoms with Crippen molar-refractivity contribution in [1.29, 1.82) is 0 Å². The van der Waals surface area contributed by atoms with E-state index in [0.717, 1.165) is 33.5 Å². The topological polar surface area (TPSA) is 59.1 Å². The number of methoxy groups -OCH3 is 1. The number of hydrogen-bond donors (Lipinski definition) is 2. The highest BCUT2D eigenvalue weighted by molar-refractivity contribution is 6.30. The van der Waals surface area contributed by atoms with Crippen molar-refractivity contribution in [3.8, 4) is 5.75 Å². The van der Waals surface area contributed by atoms with Gasteiger partial charge in [0.15, 0.2) is 0 Å². The SMILES string of the molecule is COc1ccc(Nc2cc(C)nc(NCc3ccc(Cl)cc3)n2)cc1. The molecule has 0 saturated carbocycles. The molecule has 0 aliphatic heterocycles. The van der Waals surface area contributed by atoms with E-state index in [-0.39, 0.29) is 0 Å². The monoisotopic (exact) mass is 354 g/mol. The lowest BCUT2D eigenvalue weighted by Gasteiger charge is -2.10. The molecule has 0 radical (unpaired) electrons. The normalized spacial score (nSPS) is 10.4. The Morgan fingerprint density at radius 1 is 1.00 bits per heavy atom. The highest BCUT2D eigenvalue weighted by Gasteiger charge is 2.04. The molecule has 128 valence electrons. The molecule has 0 spiro atoms. The molecule has 0 amide bonds. The Kier molecular flexibility index (Phi) is 5.36. The molecule has 0 saturated heterocycles. The molecular formula is C19H19ClN4O. The number of hydrogen-bond acceptors (Lipinski definition) is 5. The summed E-state index contributed by atoms with van der Waals surface area (Å²) in [6.07, 6.45) is 0. The molecule has 0 aliphatic rings. The van der Waals surface area contributed by atoms with Crippen molar-refractivity contribution in [2.24, 2.45) is 0 Å². The standard InChI is InChI=1S/C19H19ClN4O/c1-13-11-18(23-16-7-9-17(25-2)10-8-16)24-19(22-13)21-12-14-3-5-15(20)6-4-14/h3-11H,12H2,1-2H3,(H2,21,22,23,24). The van der Waals surface area contributed by atoms with Gasteiger partial charge in [-0.15, -0.1) is 0 Å². The number of benzene rings is 2. The predicted molar refractivity (Wildman–Crippen MR) is 102 cm³/mol. The minimum Gasteiger partial charge on any atom is -0.497 e. The summed E-state index contributed by atoms with van der Waals surface area (Å²) in [5.74, 6) is 2.12. The fourth-order valence-electron chi connectivity index (χ4n) is 2.32. The molecule has 5 nitrogen and oxygen atoms in total. The Morgan fingerprint density at radius 2 is 1.72 bits per heavy atom. The average Bonchev–Trinajstić information content (AvgIpc) is 2.61. The van der Waals surface area contributed by atoms with Crippen LogP contribution in [0, 0.1) is 6.92 Å². The summed E-state index contributed by atoms with van der Waals surface area (Å²) >= 11 is 5.91. The molecule has 0 fully saturated rings. The minimum absolute atomic E-state index is 0.575. The first kappa shape index (κ1) is 17.0. The summed E-state index contributed by atoms with van der Waals surface area (Å²) in [6.45, 7) is 2.57. The Morgan fingerprint density at radius 3 is 2.40 bits per heavy atom. The Balaban J connectivity index is 1.69. The van der Waals surface area contributed by atoms with Gasteiger partial charge in [-0.05, 0) is 48.9 Å². The van der Waals surface area contributed by atoms with Crippen LogP contribution < -0.4 is 15.4 Å². The molecule has 0 atom stereocenters. The molecule has 1 heterocycles. The van der Waals surface area contributed by atoms with Crippen molar-refractivity contribution in [3.05, 3.63) is 70.9 Å². The third-order valence-corrected chi connectivity index (χ3v) is 3.83. The minimum atomic E-state index is 0.575. The Labute approximate surface area is 152 Å². The van der Waals surface area contributed by atoms with Gasteiger partial charge in [0.2, 0.25) is 5.95 Å². The molecule has 25 heavy (non-hydrogen) atoms. The summed E-state index contributed by atoms with van der Waals surface area (Å²) in [4.78, 5) is 8.94. The van der Waals surface area contributed by atoms with Crippen molar-refractivity contribution in [3.63, 3.8) is 0 Å². The molecule has 0 bridgehead atoms. The molecule has 1 aromatic heterocycles. The number of rotatable bonds is 6. The van der Waals surface area contributed by atoms with E-state index in [1.165, 1.54) is 0 Å². The van der Waals surface area contributed by atoms with Crippen LogP contribution in [0.1, 0.15) is 11.3 Å². The van der Waals surface area contributed by atoms with E-state index in [2.05, 4.69) is 20.6 Å². The second-order valence-electron chi connectivity index (χ2n) is 5.55. The van der Waals surface area contributed by atoms with Crippen molar-refractivity contribution in [1.82, 2.24) is 9.97 Å². The van der Waals surface area contributed by atoms with Gasteiger partial charge in [-0.25, -0.2) is 4.98 Å². The zero-order valence-electron chi connectivity index (χ0n) is 14.1. The van der Waals surface area contributed by atoms with E-state index in [0.29, 0.717) is 12.5 Å². The first-order valence-electron chi connectivity index (χ1n) is 7.87. The molecule has 2 N–H and O–H groups in total. The lowest BCUT2D eigenvalue weighted by atomic mass is 10.2. The van der Waals surface area contributed by atoms with Crippen LogP contribution in [0.25, 0.3) is 0 Å². The molecule has 3 aromatic rings. The van der Waals surface area contributed by atoms with E-state index in [4.69, 9.17) is 16.3 Å². The van der Waals surface area contributed by atoms with E-state index in [1.807, 2.05) is 61.5 Å². The van der Waals surface area contributed by atoms with Crippen molar-refractivity contribution < 1.29 is 4.74 Å². The molecule has 0 unspecified atom stereocenters. The molecule has 0 aliphatic carbocycles. The zero-order valence-corrected chi connectivity index (χ0v) is 14.8. The lowest BCUT2D eigenvalue weighted by molar-refractivity contribution is 0.415. The van der Waals surface area contributed by atoms with Crippen molar-refractivity contribution >= 4 is 29.1 Å². The first-order valence-corrected chi connectivity index (χ1v) is 8.25. The molecular weight excluding hydrogens is 336 g/mol. The maximum absolute atomic E-state index is 5.91. The molecule has 3 rings (SSSR count). The van der Waals surface area contributed by atoms with Gasteiger partial charge in [-0.1, -0.05) is 23.7 Å². The van der Waals surface area contributed by atoms with Gasteiger partial charge in [0.05, 0.1) is 7.11 Å². The lowest BCUT2D eigenvalue weighted by Crippen LogP contribution is -2.06. The number of aromatic nitrogens is 2. The zero-order chi connectivity index (χ0) is 17.6. The third kappa shape index (κ3) is 4.84. The van der Waals surface area contributed by atoms with Crippen molar-refractivity contribution in [2.75, 3.05) is 17.7 Å². The number of nitrogens with one attached hydrogen (secondary N) is 2. The van der Waals surface area contributed by atoms with Gasteiger partial charge in [-0.3, -0.25) is 0 Å². The van der Waals surface area contributed by atoms with Gasteiger partial charge < -0.3 is 15.4 Å². The van der Waals surface area contributed by atoms with Gasteiger partial charge in [-0.2, -0.15) is 4.98 Å². The maximum atomic E-state index is 5.91. The Hall–Kier alpha value is -2.79. The fraction of sp³-hybridized carbons (Fsp3) is 0.158. The van der Waals surface area contributed by atoms with Crippen LogP contribution in [-0.4, -0.2) is 17.1 Å². The van der Waals surface area contributed by atoms with Crippen LogP contribution in [0.15, 0.2) is 54.6 Å². The number of ether oxygens (including phenoxy) is 1. The quantitative estimate of drug-likeness (QED) is 0.665. The highest BCUT2D eigenvalue weighted by Crippen LogP contribution is 2.20. The fourth-order valence-corrected chi connectivity index (χ4v) is 2.44. The predicted octanol–water partition coefficient (Wildman–Crippen LogP) is 4.80. The number of nitrogens with zero attached hydrogens (tertiary/aromatic N) is 2. The smallest absolute Gasteiger partial charge is 0.225 e. The van der Waals surface area contributed by atoms with Gasteiger partial charge in [0.25, 0.3) is 0 Å². The van der Waals surface area contributed by atoms with E-state index in [9.17, 15) is 0 Å².